The molecule has 0 aliphatic rings. The summed E-state index contributed by atoms with van der Waals surface area (Å²) in [5.41, 5.74) is 1.32. The number of hydrogen-bond acceptors (Lipinski definition) is 4. The first-order chi connectivity index (χ1) is 15.0. The van der Waals surface area contributed by atoms with Gasteiger partial charge in [-0.2, -0.15) is 13.2 Å². The third-order valence-electron chi connectivity index (χ3n) is 5.03. The normalized spacial score (nSPS) is 12.3. The van der Waals surface area contributed by atoms with E-state index in [1.807, 2.05) is 51.1 Å². The molecule has 0 bridgehead atoms. The number of H-pyrrole nitrogens is 1. The van der Waals surface area contributed by atoms with Gasteiger partial charge in [-0.1, -0.05) is 45.0 Å². The van der Waals surface area contributed by atoms with E-state index in [0.717, 1.165) is 33.6 Å². The van der Waals surface area contributed by atoms with E-state index in [1.54, 1.807) is 6.07 Å². The Labute approximate surface area is 187 Å². The Kier molecular flexibility index (Phi) is 5.58. The van der Waals surface area contributed by atoms with Gasteiger partial charge in [0.25, 0.3) is 5.56 Å². The zero-order chi connectivity index (χ0) is 23.1. The highest BCUT2D eigenvalue weighted by Crippen LogP contribution is 2.36. The van der Waals surface area contributed by atoms with E-state index in [1.165, 1.54) is 17.4 Å². The van der Waals surface area contributed by atoms with Crippen LogP contribution in [0.1, 0.15) is 42.5 Å². The highest BCUT2D eigenvalue weighted by molar-refractivity contribution is 7.15. The van der Waals surface area contributed by atoms with Crippen molar-refractivity contribution in [2.24, 2.45) is 0 Å². The average Bonchev–Trinajstić information content (AvgIpc) is 3.11. The molecule has 0 saturated carbocycles. The lowest BCUT2D eigenvalue weighted by molar-refractivity contribution is -0.137. The van der Waals surface area contributed by atoms with Gasteiger partial charge in [-0.25, -0.2) is 4.98 Å². The summed E-state index contributed by atoms with van der Waals surface area (Å²) in [6, 6.07) is 14.5. The molecule has 0 spiro atoms. The van der Waals surface area contributed by atoms with Crippen LogP contribution in [0.3, 0.4) is 0 Å². The van der Waals surface area contributed by atoms with Gasteiger partial charge in [0.05, 0.1) is 11.3 Å². The molecule has 0 saturated heterocycles. The third kappa shape index (κ3) is 4.70. The molecule has 2 aromatic heterocycles. The van der Waals surface area contributed by atoms with Crippen LogP contribution in [0.25, 0.3) is 10.9 Å². The van der Waals surface area contributed by atoms with E-state index < -0.39 is 11.7 Å². The van der Waals surface area contributed by atoms with Gasteiger partial charge in [-0.05, 0) is 35.7 Å². The van der Waals surface area contributed by atoms with Crippen LogP contribution >= 0.6 is 11.3 Å². The Hall–Kier alpha value is -3.13. The second-order valence-corrected chi connectivity index (χ2v) is 9.72. The van der Waals surface area contributed by atoms with E-state index in [4.69, 9.17) is 0 Å². The minimum Gasteiger partial charge on any atom is -0.332 e. The van der Waals surface area contributed by atoms with Crippen LogP contribution in [0.2, 0.25) is 0 Å². The van der Waals surface area contributed by atoms with Crippen molar-refractivity contribution in [1.29, 1.82) is 0 Å². The Morgan fingerprint density at radius 2 is 1.78 bits per heavy atom. The predicted octanol–water partition coefficient (Wildman–Crippen LogP) is 6.64. The number of halogens is 3. The average molecular weight is 458 g/mol. The van der Waals surface area contributed by atoms with E-state index in [-0.39, 0.29) is 11.0 Å². The fourth-order valence-electron chi connectivity index (χ4n) is 3.50. The summed E-state index contributed by atoms with van der Waals surface area (Å²) in [6.45, 7) is 6.05. The summed E-state index contributed by atoms with van der Waals surface area (Å²) in [5.74, 6) is 0. The number of rotatable bonds is 4. The number of nitrogens with one attached hydrogen (secondary N) is 2. The third-order valence-corrected chi connectivity index (χ3v) is 6.00. The van der Waals surface area contributed by atoms with Crippen molar-refractivity contribution in [3.05, 3.63) is 86.6 Å². The van der Waals surface area contributed by atoms with Gasteiger partial charge in [0, 0.05) is 33.5 Å². The number of alkyl halides is 3. The van der Waals surface area contributed by atoms with Crippen molar-refractivity contribution >= 4 is 33.1 Å². The Morgan fingerprint density at radius 3 is 2.50 bits per heavy atom. The first kappa shape index (κ1) is 22.1. The lowest BCUT2D eigenvalue weighted by atomic mass is 9.90. The summed E-state index contributed by atoms with van der Waals surface area (Å²) in [5, 5.41) is 4.42. The van der Waals surface area contributed by atoms with Crippen LogP contribution in [-0.2, 0) is 18.0 Å². The van der Waals surface area contributed by atoms with Crippen LogP contribution in [0, 0.1) is 0 Å². The van der Waals surface area contributed by atoms with Crippen molar-refractivity contribution < 1.29 is 13.2 Å². The van der Waals surface area contributed by atoms with Crippen molar-refractivity contribution in [1.82, 2.24) is 9.97 Å². The maximum absolute atomic E-state index is 13.0. The molecule has 0 fully saturated rings. The molecule has 0 aliphatic heterocycles. The van der Waals surface area contributed by atoms with E-state index in [9.17, 15) is 18.0 Å². The van der Waals surface area contributed by atoms with Gasteiger partial charge in [-0.15, -0.1) is 11.3 Å². The van der Waals surface area contributed by atoms with Gasteiger partial charge >= 0.3 is 6.18 Å². The minimum atomic E-state index is -4.42. The van der Waals surface area contributed by atoms with Crippen LogP contribution in [-0.4, -0.2) is 9.97 Å². The highest BCUT2D eigenvalue weighted by atomic mass is 32.1. The molecule has 166 valence electrons. The van der Waals surface area contributed by atoms with Crippen LogP contribution < -0.4 is 10.9 Å². The molecule has 4 nitrogen and oxygen atoms in total. The number of benzene rings is 2. The second kappa shape index (κ2) is 8.09. The quantitative estimate of drug-likeness (QED) is 0.361. The fourth-order valence-corrected chi connectivity index (χ4v) is 4.72. The second-order valence-electron chi connectivity index (χ2n) is 8.63. The van der Waals surface area contributed by atoms with Crippen molar-refractivity contribution in [2.45, 2.75) is 38.8 Å². The Bertz CT molecular complexity index is 1330. The molecule has 2 heterocycles. The standard InChI is InChI=1S/C24H22F3N3OS/c1-23(2,3)20-19(12-15-11-14-7-4-5-10-18(14)29-21(15)31)32-22(30-20)28-17-9-6-8-16(13-17)24(25,26)27/h4-11,13H,12H2,1-3H3,(H,28,30)(H,29,31). The molecule has 32 heavy (non-hydrogen) atoms. The number of anilines is 2. The first-order valence-electron chi connectivity index (χ1n) is 10.1. The minimum absolute atomic E-state index is 0.163. The molecule has 8 heteroatoms. The number of pyridine rings is 1. The zero-order valence-corrected chi connectivity index (χ0v) is 18.6. The molecule has 0 atom stereocenters. The van der Waals surface area contributed by atoms with Crippen LogP contribution in [0.4, 0.5) is 24.0 Å². The van der Waals surface area contributed by atoms with Crippen molar-refractivity contribution in [2.75, 3.05) is 5.32 Å². The lowest BCUT2D eigenvalue weighted by Crippen LogP contribution is -2.17. The molecule has 0 amide bonds. The van der Waals surface area contributed by atoms with Crippen LogP contribution in [0.5, 0.6) is 0 Å². The molecule has 0 radical (unpaired) electrons. The maximum Gasteiger partial charge on any atom is 0.416 e. The van der Waals surface area contributed by atoms with E-state index in [2.05, 4.69) is 15.3 Å². The molecule has 0 aliphatic carbocycles. The maximum atomic E-state index is 13.0. The summed E-state index contributed by atoms with van der Waals surface area (Å²) in [4.78, 5) is 21.1. The van der Waals surface area contributed by atoms with Gasteiger partial charge in [-0.3, -0.25) is 4.79 Å². The molecule has 2 aromatic carbocycles. The lowest BCUT2D eigenvalue weighted by Gasteiger charge is -2.17. The number of para-hydroxylation sites is 1. The summed E-state index contributed by atoms with van der Waals surface area (Å²) in [6.07, 6.45) is -4.03. The zero-order valence-electron chi connectivity index (χ0n) is 17.8. The number of aromatic nitrogens is 2. The fraction of sp³-hybridized carbons (Fsp3) is 0.250. The number of fused-ring (bicyclic) bond motifs is 1. The number of nitrogens with zero attached hydrogens (tertiary/aromatic N) is 1. The van der Waals surface area contributed by atoms with Gasteiger partial charge in [0.2, 0.25) is 0 Å². The van der Waals surface area contributed by atoms with Gasteiger partial charge in [0.1, 0.15) is 0 Å². The SMILES string of the molecule is CC(C)(C)c1nc(Nc2cccc(C(F)(F)F)c2)sc1Cc1cc2ccccc2[nH]c1=O. The number of aromatic amines is 1. The summed E-state index contributed by atoms with van der Waals surface area (Å²) < 4.78 is 39.1. The predicted molar refractivity (Wildman–Crippen MR) is 123 cm³/mol. The monoisotopic (exact) mass is 457 g/mol. The van der Waals surface area contributed by atoms with Crippen molar-refractivity contribution in [3.63, 3.8) is 0 Å². The molecule has 4 rings (SSSR count). The highest BCUT2D eigenvalue weighted by Gasteiger charge is 2.30. The van der Waals surface area contributed by atoms with Crippen molar-refractivity contribution in [3.8, 4) is 0 Å². The van der Waals surface area contributed by atoms with Gasteiger partial charge < -0.3 is 10.3 Å². The first-order valence-corrected chi connectivity index (χ1v) is 10.9. The topological polar surface area (TPSA) is 57.8 Å². The van der Waals surface area contributed by atoms with E-state index in [0.29, 0.717) is 22.8 Å². The molecular formula is C24H22F3N3OS. The largest absolute Gasteiger partial charge is 0.416 e. The molecule has 0 unspecified atom stereocenters. The Balaban J connectivity index is 1.70. The van der Waals surface area contributed by atoms with E-state index >= 15 is 0 Å². The molecular weight excluding hydrogens is 435 g/mol. The van der Waals surface area contributed by atoms with Crippen LogP contribution in [0.15, 0.2) is 59.4 Å². The smallest absolute Gasteiger partial charge is 0.332 e. The summed E-state index contributed by atoms with van der Waals surface area (Å²) in [7, 11) is 0. The molecule has 2 N–H and O–H groups in total. The molecule has 4 aromatic rings. The number of hydrogen-bond donors (Lipinski definition) is 2. The Morgan fingerprint density at radius 1 is 1.03 bits per heavy atom. The number of thiazole rings is 1. The van der Waals surface area contributed by atoms with Gasteiger partial charge in [0.15, 0.2) is 5.13 Å². The summed E-state index contributed by atoms with van der Waals surface area (Å²) >= 11 is 1.35.